The fourth-order valence-electron chi connectivity index (χ4n) is 3.35. The van der Waals surface area contributed by atoms with Gasteiger partial charge in [0.15, 0.2) is 0 Å². The molecule has 0 atom stereocenters. The minimum Gasteiger partial charge on any atom is -0.382 e. The van der Waals surface area contributed by atoms with Crippen molar-refractivity contribution in [1.82, 2.24) is 19.4 Å². The Hall–Kier alpha value is -4.01. The summed E-state index contributed by atoms with van der Waals surface area (Å²) in [7, 11) is 0. The third-order valence-electron chi connectivity index (χ3n) is 5.15. The van der Waals surface area contributed by atoms with E-state index in [1.54, 1.807) is 24.3 Å². The normalized spacial score (nSPS) is 11.0. The first kappa shape index (κ1) is 45.0. The summed E-state index contributed by atoms with van der Waals surface area (Å²) in [6.45, 7) is 28.3. The molecule has 0 amide bonds. The van der Waals surface area contributed by atoms with Gasteiger partial charge in [-0.25, -0.2) is 23.7 Å². The van der Waals surface area contributed by atoms with Gasteiger partial charge < -0.3 is 15.9 Å². The molecule has 4 aromatic heterocycles. The summed E-state index contributed by atoms with van der Waals surface area (Å²) < 4.78 is 28.0. The largest absolute Gasteiger partial charge is 0.382 e. The van der Waals surface area contributed by atoms with Gasteiger partial charge >= 0.3 is 0 Å². The highest BCUT2D eigenvalue weighted by Gasteiger charge is 2.05. The number of hydrogen-bond acceptors (Lipinski definition) is 5. The quantitative estimate of drug-likeness (QED) is 0.162. The Morgan fingerprint density at radius 1 is 0.627 bits per heavy atom. The maximum atomic E-state index is 13.2. The molecule has 51 heavy (non-hydrogen) atoms. The summed E-state index contributed by atoms with van der Waals surface area (Å²) in [5.74, 6) is -0.164. The van der Waals surface area contributed by atoms with Crippen molar-refractivity contribution in [1.29, 1.82) is 0 Å². The predicted octanol–water partition coefficient (Wildman–Crippen LogP) is 13.0. The highest BCUT2D eigenvalue weighted by atomic mass is 35.5. The molecule has 6 rings (SSSR count). The molecule has 278 valence electrons. The fraction of sp³-hybridized carbons (Fsp3) is 0.390. The molecule has 0 saturated carbocycles. The summed E-state index contributed by atoms with van der Waals surface area (Å²) in [4.78, 5) is 12.1. The lowest BCUT2D eigenvalue weighted by Crippen LogP contribution is -1.93. The molecule has 4 heterocycles. The van der Waals surface area contributed by atoms with Crippen molar-refractivity contribution < 1.29 is 8.78 Å². The van der Waals surface area contributed by atoms with Crippen molar-refractivity contribution in [3.8, 4) is 0 Å². The van der Waals surface area contributed by atoms with Crippen LogP contribution in [-0.2, 0) is 0 Å². The summed E-state index contributed by atoms with van der Waals surface area (Å²) in [6.07, 6.45) is 3.88. The Morgan fingerprint density at radius 2 is 1.14 bits per heavy atom. The molecule has 0 fully saturated rings. The summed E-state index contributed by atoms with van der Waals surface area (Å²) in [5, 5.41) is 1.66. The molecule has 0 saturated heterocycles. The van der Waals surface area contributed by atoms with Gasteiger partial charge in [-0.1, -0.05) is 118 Å². The van der Waals surface area contributed by atoms with Crippen LogP contribution in [0, 0.1) is 34.8 Å². The minimum absolute atomic E-state index is 0.222. The second kappa shape index (κ2) is 19.6. The van der Waals surface area contributed by atoms with Crippen molar-refractivity contribution in [2.45, 2.75) is 90.0 Å². The van der Waals surface area contributed by atoms with E-state index < -0.39 is 0 Å². The third kappa shape index (κ3) is 19.8. The number of hydrogen-bond donors (Lipinski definition) is 2. The molecular weight excluding hydrogens is 685 g/mol. The highest BCUT2D eigenvalue weighted by molar-refractivity contribution is 6.33. The van der Waals surface area contributed by atoms with Crippen LogP contribution in [0.2, 0.25) is 10.0 Å². The minimum atomic E-state index is -0.341. The number of aryl methyl sites for hydroxylation is 1. The van der Waals surface area contributed by atoms with Crippen LogP contribution in [0.3, 0.4) is 0 Å². The van der Waals surface area contributed by atoms with Crippen LogP contribution in [0.15, 0.2) is 79.1 Å². The number of nitrogens with two attached hydrogens (primary N) is 2. The Balaban J connectivity index is 0.000000323. The van der Waals surface area contributed by atoms with Gasteiger partial charge in [0.1, 0.15) is 28.9 Å². The van der Waals surface area contributed by atoms with E-state index in [-0.39, 0.29) is 28.3 Å². The molecule has 4 N–H and O–H groups in total. The first-order valence-electron chi connectivity index (χ1n) is 16.6. The van der Waals surface area contributed by atoms with Gasteiger partial charge in [0.2, 0.25) is 0 Å². The lowest BCUT2D eigenvalue weighted by molar-refractivity contribution is 0.469. The maximum Gasteiger partial charge on any atom is 0.142 e. The predicted molar refractivity (Wildman–Crippen MR) is 218 cm³/mol. The van der Waals surface area contributed by atoms with Crippen LogP contribution in [0.1, 0.15) is 88.8 Å². The van der Waals surface area contributed by atoms with E-state index in [1.165, 1.54) is 30.0 Å². The first-order valence-corrected chi connectivity index (χ1v) is 17.4. The highest BCUT2D eigenvalue weighted by Crippen LogP contribution is 2.24. The monoisotopic (exact) mass is 740 g/mol. The zero-order chi connectivity index (χ0) is 39.3. The molecule has 0 spiro atoms. The Bertz CT molecular complexity index is 1910. The lowest BCUT2D eigenvalue weighted by atomic mass is 10.0. The first-order chi connectivity index (χ1) is 23.2. The van der Waals surface area contributed by atoms with Gasteiger partial charge in [-0.15, -0.1) is 0 Å². The van der Waals surface area contributed by atoms with Crippen molar-refractivity contribution >= 4 is 62.3 Å². The van der Waals surface area contributed by atoms with Crippen LogP contribution >= 0.6 is 23.2 Å². The van der Waals surface area contributed by atoms with Crippen LogP contribution in [-0.4, -0.2) is 19.4 Å². The second-order valence-electron chi connectivity index (χ2n) is 16.7. The topological polar surface area (TPSA) is 95.1 Å². The number of pyridine rings is 3. The van der Waals surface area contributed by atoms with Crippen molar-refractivity contribution in [2.24, 2.45) is 16.2 Å². The Labute approximate surface area is 313 Å². The van der Waals surface area contributed by atoms with Crippen LogP contribution in [0.5, 0.6) is 0 Å². The summed E-state index contributed by atoms with van der Waals surface area (Å²) in [6, 6.07) is 18.0. The zero-order valence-corrected chi connectivity index (χ0v) is 34.0. The van der Waals surface area contributed by atoms with E-state index in [9.17, 15) is 8.78 Å². The van der Waals surface area contributed by atoms with Crippen LogP contribution < -0.4 is 11.5 Å². The van der Waals surface area contributed by atoms with Crippen molar-refractivity contribution in [3.63, 3.8) is 0 Å². The van der Waals surface area contributed by atoms with Crippen LogP contribution in [0.4, 0.5) is 20.4 Å². The number of fused-ring (bicyclic) bond motifs is 3. The number of imidazole rings is 1. The lowest BCUT2D eigenvalue weighted by Gasteiger charge is -2.05. The van der Waals surface area contributed by atoms with E-state index in [1.807, 2.05) is 37.5 Å². The maximum absolute atomic E-state index is 13.2. The van der Waals surface area contributed by atoms with E-state index in [2.05, 4.69) is 102 Å². The van der Waals surface area contributed by atoms with E-state index >= 15 is 0 Å². The number of halogens is 4. The second-order valence-corrected chi connectivity index (χ2v) is 17.5. The molecule has 10 heteroatoms. The molecule has 6 aromatic rings. The van der Waals surface area contributed by atoms with Gasteiger partial charge in [0, 0.05) is 28.9 Å². The molecule has 0 aliphatic heterocycles. The number of rotatable bonds is 0. The Kier molecular flexibility index (Phi) is 17.3. The standard InChI is InChI=1S/2C9H6ClFN2.C8H8N2.3C5H12/c10-7-4-5-3-6(11)1-2-8(5)13-9(7)12;10-6-4-5-7(11)2-1-3-8(5)13-9(6)12;1-7-6-9-8-4-2-3-5-10(7)8;3*1-5(2,3)4/h2*1-4H,(H2,12,13);2-6H,1H3;3*1-4H3. The SMILES string of the molecule is CC(C)(C)C.CC(C)(C)C.CC(C)(C)C.Cc1cnc2ccccn12.Nc1nc2ccc(F)cc2cc1Cl.Nc1nc2cccc(F)c2cc1Cl. The van der Waals surface area contributed by atoms with Gasteiger partial charge in [0.05, 0.1) is 21.1 Å². The summed E-state index contributed by atoms with van der Waals surface area (Å²) in [5.41, 5.74) is 15.8. The molecular formula is C41H56Cl2F2N6. The van der Waals surface area contributed by atoms with E-state index in [0.29, 0.717) is 43.1 Å². The molecule has 0 aliphatic carbocycles. The van der Waals surface area contributed by atoms with E-state index in [0.717, 1.165) is 5.65 Å². The molecule has 0 aliphatic rings. The molecule has 0 bridgehead atoms. The third-order valence-corrected chi connectivity index (χ3v) is 5.75. The number of benzene rings is 2. The van der Waals surface area contributed by atoms with Gasteiger partial charge in [-0.2, -0.15) is 0 Å². The number of aromatic nitrogens is 4. The number of nitrogens with zero attached hydrogens (tertiary/aromatic N) is 4. The zero-order valence-electron chi connectivity index (χ0n) is 32.5. The average Bonchev–Trinajstić information content (AvgIpc) is 3.34. The molecule has 2 aromatic carbocycles. The molecule has 0 unspecified atom stereocenters. The van der Waals surface area contributed by atoms with Crippen LogP contribution in [0.25, 0.3) is 27.5 Å². The Morgan fingerprint density at radius 3 is 1.67 bits per heavy atom. The fourth-order valence-corrected chi connectivity index (χ4v) is 3.66. The molecule has 0 radical (unpaired) electrons. The van der Waals surface area contributed by atoms with Gasteiger partial charge in [0.25, 0.3) is 0 Å². The van der Waals surface area contributed by atoms with Crippen molar-refractivity contribution in [3.05, 3.63) is 106 Å². The number of anilines is 2. The summed E-state index contributed by atoms with van der Waals surface area (Å²) >= 11 is 11.4. The molecule has 6 nitrogen and oxygen atoms in total. The average molecular weight is 742 g/mol. The number of nitrogen functional groups attached to an aromatic ring is 2. The van der Waals surface area contributed by atoms with E-state index in [4.69, 9.17) is 34.7 Å². The van der Waals surface area contributed by atoms with Crippen molar-refractivity contribution in [2.75, 3.05) is 11.5 Å². The van der Waals surface area contributed by atoms with Gasteiger partial charge in [-0.05, 0) is 77.8 Å². The van der Waals surface area contributed by atoms with Gasteiger partial charge in [-0.3, -0.25) is 0 Å². The smallest absolute Gasteiger partial charge is 0.142 e.